The number of aliphatic hydroxyl groups excluding tert-OH is 1. The lowest BCUT2D eigenvalue weighted by molar-refractivity contribution is 0.183. The van der Waals surface area contributed by atoms with Gasteiger partial charge in [-0.1, -0.05) is 0 Å². The Morgan fingerprint density at radius 2 is 2.24 bits per heavy atom. The molecule has 6 nitrogen and oxygen atoms in total. The number of aliphatic hydroxyl groups is 1. The third kappa shape index (κ3) is 4.14. The monoisotopic (exact) mass is 279 g/mol. The highest BCUT2D eigenvalue weighted by Gasteiger charge is 2.20. The third-order valence-corrected chi connectivity index (χ3v) is 4.23. The molecule has 0 aliphatic carbocycles. The Labute approximate surface area is 105 Å². The summed E-state index contributed by atoms with van der Waals surface area (Å²) in [4.78, 5) is 0.0690. The molecule has 17 heavy (non-hydrogen) atoms. The molecular formula is C9H17N3O3S2. The van der Waals surface area contributed by atoms with Crippen molar-refractivity contribution >= 4 is 32.2 Å². The molecular weight excluding hydrogens is 262 g/mol. The van der Waals surface area contributed by atoms with E-state index in [2.05, 4.69) is 9.69 Å². The van der Waals surface area contributed by atoms with E-state index in [1.165, 1.54) is 0 Å². The summed E-state index contributed by atoms with van der Waals surface area (Å²) < 4.78 is 26.8. The maximum Gasteiger partial charge on any atom is 0.182 e. The van der Waals surface area contributed by atoms with Gasteiger partial charge in [0.1, 0.15) is 9.90 Å². The summed E-state index contributed by atoms with van der Waals surface area (Å²) >= 11 is 1.03. The molecule has 4 N–H and O–H groups in total. The van der Waals surface area contributed by atoms with Crippen molar-refractivity contribution in [3.8, 4) is 0 Å². The number of nitrogens with two attached hydrogens (primary N) is 1. The van der Waals surface area contributed by atoms with E-state index in [4.69, 9.17) is 10.8 Å². The van der Waals surface area contributed by atoms with Gasteiger partial charge in [-0.15, -0.1) is 0 Å². The molecule has 8 heteroatoms. The van der Waals surface area contributed by atoms with Crippen LogP contribution in [0.4, 0.5) is 10.8 Å². The molecule has 0 radical (unpaired) electrons. The Bertz CT molecular complexity index is 468. The van der Waals surface area contributed by atoms with E-state index in [0.717, 1.165) is 24.2 Å². The van der Waals surface area contributed by atoms with Crippen LogP contribution in [0.3, 0.4) is 0 Å². The van der Waals surface area contributed by atoms with Gasteiger partial charge in [-0.3, -0.25) is 0 Å². The standard InChI is InChI=1S/C9H17N3O3S2/c1-6(13)4-3-5-11-9-7(17(2,14)15)8(10)12-16-9/h6,11,13H,3-5H2,1-2H3,(H2,10,12). The summed E-state index contributed by atoms with van der Waals surface area (Å²) in [6.45, 7) is 2.29. The number of aromatic nitrogens is 1. The molecule has 0 aromatic carbocycles. The zero-order valence-electron chi connectivity index (χ0n) is 9.80. The topological polar surface area (TPSA) is 105 Å². The molecule has 1 aromatic heterocycles. The zero-order valence-corrected chi connectivity index (χ0v) is 11.4. The van der Waals surface area contributed by atoms with Crippen molar-refractivity contribution in [2.75, 3.05) is 23.9 Å². The number of hydrogen-bond donors (Lipinski definition) is 3. The average molecular weight is 279 g/mol. The Kier molecular flexibility index (Phi) is 4.72. The van der Waals surface area contributed by atoms with Crippen LogP contribution in [0.1, 0.15) is 19.8 Å². The SMILES string of the molecule is CC(O)CCCNc1snc(N)c1S(C)(=O)=O. The minimum atomic E-state index is -3.36. The van der Waals surface area contributed by atoms with Crippen molar-refractivity contribution in [3.05, 3.63) is 0 Å². The van der Waals surface area contributed by atoms with Crippen LogP contribution in [0.15, 0.2) is 4.90 Å². The van der Waals surface area contributed by atoms with Crippen molar-refractivity contribution in [1.29, 1.82) is 0 Å². The lowest BCUT2D eigenvalue weighted by Gasteiger charge is -2.06. The summed E-state index contributed by atoms with van der Waals surface area (Å²) in [7, 11) is -3.36. The highest BCUT2D eigenvalue weighted by molar-refractivity contribution is 7.91. The molecule has 0 aliphatic heterocycles. The Hall–Kier alpha value is -0.860. The number of anilines is 2. The van der Waals surface area contributed by atoms with Crippen LogP contribution in [0.2, 0.25) is 0 Å². The second kappa shape index (κ2) is 5.65. The van der Waals surface area contributed by atoms with E-state index in [-0.39, 0.29) is 16.8 Å². The summed E-state index contributed by atoms with van der Waals surface area (Å²) in [6, 6.07) is 0. The van der Waals surface area contributed by atoms with Crippen molar-refractivity contribution in [1.82, 2.24) is 4.37 Å². The van der Waals surface area contributed by atoms with Gasteiger partial charge in [0.15, 0.2) is 15.7 Å². The van der Waals surface area contributed by atoms with Gasteiger partial charge in [0.05, 0.1) is 6.10 Å². The fourth-order valence-electron chi connectivity index (χ4n) is 1.36. The Morgan fingerprint density at radius 1 is 1.59 bits per heavy atom. The first kappa shape index (κ1) is 14.2. The van der Waals surface area contributed by atoms with Gasteiger partial charge < -0.3 is 16.2 Å². The summed E-state index contributed by atoms with van der Waals surface area (Å²) in [5, 5.41) is 12.5. The normalized spacial score (nSPS) is 13.6. The van der Waals surface area contributed by atoms with E-state index >= 15 is 0 Å². The van der Waals surface area contributed by atoms with Crippen LogP contribution in [-0.4, -0.2) is 36.8 Å². The van der Waals surface area contributed by atoms with Gasteiger partial charge in [0, 0.05) is 12.8 Å². The van der Waals surface area contributed by atoms with Gasteiger partial charge in [-0.2, -0.15) is 4.37 Å². The predicted octanol–water partition coefficient (Wildman–Crippen LogP) is 0.702. The van der Waals surface area contributed by atoms with Crippen LogP contribution in [0, 0.1) is 0 Å². The molecule has 1 aromatic rings. The number of hydrogen-bond acceptors (Lipinski definition) is 7. The highest BCUT2D eigenvalue weighted by Crippen LogP contribution is 2.31. The molecule has 0 saturated heterocycles. The number of rotatable bonds is 6. The zero-order chi connectivity index (χ0) is 13.1. The molecule has 1 unspecified atom stereocenters. The smallest absolute Gasteiger partial charge is 0.182 e. The molecule has 0 bridgehead atoms. The average Bonchev–Trinajstić information content (AvgIpc) is 2.53. The maximum atomic E-state index is 11.5. The highest BCUT2D eigenvalue weighted by atomic mass is 32.2. The molecule has 0 aliphatic rings. The number of nitrogens with one attached hydrogen (secondary N) is 1. The van der Waals surface area contributed by atoms with Crippen LogP contribution < -0.4 is 11.1 Å². The predicted molar refractivity (Wildman–Crippen MR) is 69.0 cm³/mol. The molecule has 0 fully saturated rings. The van der Waals surface area contributed by atoms with E-state index in [1.54, 1.807) is 6.92 Å². The first-order valence-electron chi connectivity index (χ1n) is 5.19. The second-order valence-electron chi connectivity index (χ2n) is 3.92. The quantitative estimate of drug-likeness (QED) is 0.662. The lowest BCUT2D eigenvalue weighted by atomic mass is 10.2. The molecule has 1 heterocycles. The van der Waals surface area contributed by atoms with Gasteiger partial charge in [-0.05, 0) is 31.3 Å². The van der Waals surface area contributed by atoms with Crippen molar-refractivity contribution in [3.63, 3.8) is 0 Å². The van der Waals surface area contributed by atoms with E-state index in [9.17, 15) is 8.42 Å². The minimum absolute atomic E-state index is 0.0375. The van der Waals surface area contributed by atoms with Crippen LogP contribution in [0.5, 0.6) is 0 Å². The fraction of sp³-hybridized carbons (Fsp3) is 0.667. The minimum Gasteiger partial charge on any atom is -0.393 e. The number of nitrogens with zero attached hydrogens (tertiary/aromatic N) is 1. The van der Waals surface area contributed by atoms with Gasteiger partial charge in [-0.25, -0.2) is 8.42 Å². The van der Waals surface area contributed by atoms with Crippen LogP contribution in [-0.2, 0) is 9.84 Å². The molecule has 98 valence electrons. The summed E-state index contributed by atoms with van der Waals surface area (Å²) in [5.74, 6) is 0.0375. The van der Waals surface area contributed by atoms with E-state index < -0.39 is 9.84 Å². The molecule has 1 atom stereocenters. The second-order valence-corrected chi connectivity index (χ2v) is 6.64. The van der Waals surface area contributed by atoms with E-state index in [0.29, 0.717) is 18.0 Å². The number of sulfone groups is 1. The van der Waals surface area contributed by atoms with Crippen LogP contribution >= 0.6 is 11.5 Å². The summed E-state index contributed by atoms with van der Waals surface area (Å²) in [6.07, 6.45) is 2.17. The fourth-order valence-corrected chi connectivity index (χ4v) is 3.46. The largest absolute Gasteiger partial charge is 0.393 e. The third-order valence-electron chi connectivity index (χ3n) is 2.13. The lowest BCUT2D eigenvalue weighted by Crippen LogP contribution is -2.08. The van der Waals surface area contributed by atoms with E-state index in [1.807, 2.05) is 0 Å². The molecule has 0 spiro atoms. The van der Waals surface area contributed by atoms with Gasteiger partial charge in [0.25, 0.3) is 0 Å². The van der Waals surface area contributed by atoms with Crippen molar-refractivity contribution in [2.45, 2.75) is 30.8 Å². The Balaban J connectivity index is 2.67. The first-order valence-corrected chi connectivity index (χ1v) is 7.86. The van der Waals surface area contributed by atoms with Crippen LogP contribution in [0.25, 0.3) is 0 Å². The molecule has 0 saturated carbocycles. The van der Waals surface area contributed by atoms with Crippen molar-refractivity contribution < 1.29 is 13.5 Å². The molecule has 1 rings (SSSR count). The Morgan fingerprint density at radius 3 is 2.76 bits per heavy atom. The van der Waals surface area contributed by atoms with Crippen molar-refractivity contribution in [2.24, 2.45) is 0 Å². The maximum absolute atomic E-state index is 11.5. The summed E-state index contributed by atoms with van der Waals surface area (Å²) in [5.41, 5.74) is 5.52. The molecule has 0 amide bonds. The first-order chi connectivity index (χ1) is 7.82. The number of nitrogen functional groups attached to an aromatic ring is 1. The van der Waals surface area contributed by atoms with Gasteiger partial charge in [0.2, 0.25) is 0 Å². The van der Waals surface area contributed by atoms with Gasteiger partial charge >= 0.3 is 0 Å².